The van der Waals surface area contributed by atoms with E-state index in [0.717, 1.165) is 11.1 Å². The number of hydrogen-bond donors (Lipinski definition) is 1. The highest BCUT2D eigenvalue weighted by atomic mass is 16.6. The average Bonchev–Trinajstić information content (AvgIpc) is 2.83. The third-order valence-electron chi connectivity index (χ3n) is 4.58. The molecule has 0 spiro atoms. The molecule has 0 saturated carbocycles. The number of benzene rings is 3. The molecule has 4 rings (SSSR count). The number of nitrogens with zero attached hydrogens (tertiary/aromatic N) is 5. The number of rotatable bonds is 6. The van der Waals surface area contributed by atoms with Crippen LogP contribution in [0.2, 0.25) is 0 Å². The summed E-state index contributed by atoms with van der Waals surface area (Å²) in [5.41, 5.74) is 7.14. The molecule has 0 amide bonds. The van der Waals surface area contributed by atoms with E-state index in [1.54, 1.807) is 19.1 Å². The number of aromatic nitrogens is 3. The van der Waals surface area contributed by atoms with Gasteiger partial charge in [-0.25, -0.2) is 10.4 Å². The van der Waals surface area contributed by atoms with E-state index in [0.29, 0.717) is 22.7 Å². The molecule has 1 N–H and O–H groups in total. The van der Waals surface area contributed by atoms with Crippen LogP contribution in [-0.2, 0) is 0 Å². The van der Waals surface area contributed by atoms with Gasteiger partial charge in [-0.2, -0.15) is 5.10 Å². The smallest absolute Gasteiger partial charge is 0.258 e. The van der Waals surface area contributed by atoms with Crippen LogP contribution in [0.5, 0.6) is 0 Å². The second-order valence-electron chi connectivity index (χ2n) is 6.68. The second-order valence-corrected chi connectivity index (χ2v) is 6.68. The molecular formula is C23H18N6O2. The van der Waals surface area contributed by atoms with E-state index in [9.17, 15) is 10.1 Å². The van der Waals surface area contributed by atoms with E-state index in [1.807, 2.05) is 60.7 Å². The maximum absolute atomic E-state index is 11.0. The van der Waals surface area contributed by atoms with E-state index in [1.165, 1.54) is 12.1 Å². The van der Waals surface area contributed by atoms with Crippen LogP contribution in [0.4, 0.5) is 11.6 Å². The largest absolute Gasteiger partial charge is 0.270 e. The molecule has 0 bridgehead atoms. The lowest BCUT2D eigenvalue weighted by Gasteiger charge is -2.09. The number of hydrazone groups is 1. The van der Waals surface area contributed by atoms with Gasteiger partial charge in [0, 0.05) is 28.8 Å². The van der Waals surface area contributed by atoms with E-state index >= 15 is 0 Å². The highest BCUT2D eigenvalue weighted by Gasteiger charge is 2.13. The van der Waals surface area contributed by atoms with Gasteiger partial charge in [-0.05, 0) is 6.92 Å². The monoisotopic (exact) mass is 410 g/mol. The molecule has 0 unspecified atom stereocenters. The summed E-state index contributed by atoms with van der Waals surface area (Å²) in [6.07, 6.45) is 0. The Morgan fingerprint density at radius 2 is 1.52 bits per heavy atom. The van der Waals surface area contributed by atoms with Crippen molar-refractivity contribution < 1.29 is 4.92 Å². The summed E-state index contributed by atoms with van der Waals surface area (Å²) in [6.45, 7) is 1.75. The molecule has 3 aromatic carbocycles. The Kier molecular flexibility index (Phi) is 5.70. The van der Waals surface area contributed by atoms with Crippen molar-refractivity contribution in [3.8, 4) is 22.5 Å². The molecular weight excluding hydrogens is 392 g/mol. The highest BCUT2D eigenvalue weighted by molar-refractivity contribution is 5.99. The van der Waals surface area contributed by atoms with E-state index in [-0.39, 0.29) is 11.6 Å². The number of nitro groups is 1. The number of nitrogens with one attached hydrogen (secondary N) is 1. The summed E-state index contributed by atoms with van der Waals surface area (Å²) in [5, 5.41) is 23.8. The lowest BCUT2D eigenvalue weighted by molar-refractivity contribution is -0.384. The van der Waals surface area contributed by atoms with E-state index in [2.05, 4.69) is 25.7 Å². The predicted molar refractivity (Wildman–Crippen MR) is 120 cm³/mol. The quantitative estimate of drug-likeness (QED) is 0.274. The van der Waals surface area contributed by atoms with Gasteiger partial charge >= 0.3 is 0 Å². The summed E-state index contributed by atoms with van der Waals surface area (Å²) < 4.78 is 0. The summed E-state index contributed by atoms with van der Waals surface area (Å²) in [4.78, 5) is 15.2. The van der Waals surface area contributed by atoms with Crippen LogP contribution < -0.4 is 5.43 Å². The van der Waals surface area contributed by atoms with Crippen molar-refractivity contribution in [2.75, 3.05) is 5.43 Å². The Bertz CT molecular complexity index is 1240. The minimum Gasteiger partial charge on any atom is -0.258 e. The van der Waals surface area contributed by atoms with Gasteiger partial charge < -0.3 is 0 Å². The standard InChI is InChI=1S/C23H18N6O2/c1-16(19-13-8-14-20(15-19)29(30)31)25-27-23-24-21(17-9-4-2-5-10-17)22(26-28-23)18-11-6-3-7-12-18/h2-15H,1H3,(H,24,27,28)/b25-16+. The zero-order valence-corrected chi connectivity index (χ0v) is 16.6. The van der Waals surface area contributed by atoms with Crippen LogP contribution in [-0.4, -0.2) is 25.8 Å². The number of nitro benzene ring substituents is 1. The van der Waals surface area contributed by atoms with Crippen LogP contribution >= 0.6 is 0 Å². The SMILES string of the molecule is C/C(=N\Nc1nnc(-c2ccccc2)c(-c2ccccc2)n1)c1cccc([N+](=O)[O-])c1. The van der Waals surface area contributed by atoms with Gasteiger partial charge in [0.05, 0.1) is 10.6 Å². The first kappa shape index (κ1) is 19.8. The molecule has 4 aromatic rings. The third-order valence-corrected chi connectivity index (χ3v) is 4.58. The molecule has 31 heavy (non-hydrogen) atoms. The molecule has 1 aromatic heterocycles. The van der Waals surface area contributed by atoms with Gasteiger partial charge in [-0.3, -0.25) is 10.1 Å². The summed E-state index contributed by atoms with van der Waals surface area (Å²) in [6, 6.07) is 25.7. The molecule has 0 radical (unpaired) electrons. The Labute approximate surface area is 178 Å². The first-order valence-corrected chi connectivity index (χ1v) is 9.52. The summed E-state index contributed by atoms with van der Waals surface area (Å²) in [5.74, 6) is 0.225. The van der Waals surface area contributed by atoms with E-state index in [4.69, 9.17) is 0 Å². The predicted octanol–water partition coefficient (Wildman–Crippen LogP) is 4.95. The fraction of sp³-hybridized carbons (Fsp3) is 0.0435. The molecule has 0 fully saturated rings. The molecule has 152 valence electrons. The van der Waals surface area contributed by atoms with Gasteiger partial charge in [0.2, 0.25) is 0 Å². The second kappa shape index (κ2) is 8.91. The molecule has 0 saturated heterocycles. The van der Waals surface area contributed by atoms with E-state index < -0.39 is 4.92 Å². The Morgan fingerprint density at radius 3 is 2.16 bits per heavy atom. The van der Waals surface area contributed by atoms with Crippen LogP contribution in [0.25, 0.3) is 22.5 Å². The minimum absolute atomic E-state index is 0.00328. The highest BCUT2D eigenvalue weighted by Crippen LogP contribution is 2.28. The summed E-state index contributed by atoms with van der Waals surface area (Å²) in [7, 11) is 0. The Hall–Kier alpha value is -4.46. The average molecular weight is 410 g/mol. The first-order chi connectivity index (χ1) is 15.1. The van der Waals surface area contributed by atoms with Crippen molar-refractivity contribution in [2.45, 2.75) is 6.92 Å². The first-order valence-electron chi connectivity index (χ1n) is 9.52. The maximum atomic E-state index is 11.0. The van der Waals surface area contributed by atoms with Gasteiger partial charge in [-0.1, -0.05) is 72.8 Å². The minimum atomic E-state index is -0.439. The van der Waals surface area contributed by atoms with Gasteiger partial charge in [0.15, 0.2) is 0 Å². The van der Waals surface area contributed by atoms with Crippen molar-refractivity contribution in [1.29, 1.82) is 0 Å². The maximum Gasteiger partial charge on any atom is 0.270 e. The lowest BCUT2D eigenvalue weighted by Crippen LogP contribution is -2.06. The molecule has 0 aliphatic heterocycles. The van der Waals surface area contributed by atoms with Crippen molar-refractivity contribution in [1.82, 2.24) is 15.2 Å². The Morgan fingerprint density at radius 1 is 0.871 bits per heavy atom. The zero-order valence-electron chi connectivity index (χ0n) is 16.6. The molecule has 0 aliphatic rings. The van der Waals surface area contributed by atoms with Crippen molar-refractivity contribution in [2.24, 2.45) is 5.10 Å². The third kappa shape index (κ3) is 4.59. The fourth-order valence-corrected chi connectivity index (χ4v) is 3.00. The van der Waals surface area contributed by atoms with Gasteiger partial charge in [-0.15, -0.1) is 10.2 Å². The topological polar surface area (TPSA) is 106 Å². The normalized spacial score (nSPS) is 11.2. The van der Waals surface area contributed by atoms with Crippen LogP contribution in [0.15, 0.2) is 90.0 Å². The van der Waals surface area contributed by atoms with Gasteiger partial charge in [0.25, 0.3) is 11.6 Å². The van der Waals surface area contributed by atoms with Crippen molar-refractivity contribution >= 4 is 17.3 Å². The van der Waals surface area contributed by atoms with Gasteiger partial charge in [0.1, 0.15) is 11.4 Å². The molecule has 8 nitrogen and oxygen atoms in total. The molecule has 8 heteroatoms. The lowest BCUT2D eigenvalue weighted by atomic mass is 10.0. The van der Waals surface area contributed by atoms with Crippen molar-refractivity contribution in [3.05, 3.63) is 101 Å². The Balaban J connectivity index is 1.68. The van der Waals surface area contributed by atoms with Crippen LogP contribution in [0.1, 0.15) is 12.5 Å². The molecule has 0 atom stereocenters. The fourth-order valence-electron chi connectivity index (χ4n) is 3.00. The molecule has 1 heterocycles. The van der Waals surface area contributed by atoms with Crippen molar-refractivity contribution in [3.63, 3.8) is 0 Å². The zero-order chi connectivity index (χ0) is 21.6. The number of hydrogen-bond acceptors (Lipinski definition) is 7. The number of non-ortho nitro benzene ring substituents is 1. The van der Waals surface area contributed by atoms with Crippen LogP contribution in [0.3, 0.4) is 0 Å². The number of anilines is 1. The van der Waals surface area contributed by atoms with Crippen LogP contribution in [0, 0.1) is 10.1 Å². The molecule has 0 aliphatic carbocycles. The summed E-state index contributed by atoms with van der Waals surface area (Å²) >= 11 is 0.